The molecule has 0 saturated carbocycles. The average Bonchev–Trinajstić information content (AvgIpc) is 3.08. The molecule has 9 heteroatoms. The highest BCUT2D eigenvalue weighted by Gasteiger charge is 2.24. The number of anilines is 1. The lowest BCUT2D eigenvalue weighted by Gasteiger charge is -2.35. The second-order valence-electron chi connectivity index (χ2n) is 7.00. The van der Waals surface area contributed by atoms with E-state index < -0.39 is 11.6 Å². The van der Waals surface area contributed by atoms with Gasteiger partial charge in [-0.05, 0) is 50.2 Å². The highest BCUT2D eigenvalue weighted by molar-refractivity contribution is 5.94. The summed E-state index contributed by atoms with van der Waals surface area (Å²) in [6, 6.07) is 8.92. The number of halogens is 2. The van der Waals surface area contributed by atoms with Crippen molar-refractivity contribution in [2.24, 2.45) is 0 Å². The summed E-state index contributed by atoms with van der Waals surface area (Å²) in [5, 5.41) is 13.0. The maximum absolute atomic E-state index is 13.4. The molecule has 1 saturated heterocycles. The fourth-order valence-corrected chi connectivity index (χ4v) is 3.41. The Morgan fingerprint density at radius 1 is 0.897 bits per heavy atom. The van der Waals surface area contributed by atoms with Crippen LogP contribution in [0.25, 0.3) is 5.82 Å². The Balaban J connectivity index is 1.41. The van der Waals surface area contributed by atoms with Gasteiger partial charge in [-0.3, -0.25) is 4.79 Å². The molecule has 1 aliphatic rings. The number of nitrogens with zero attached hydrogens (tertiary/aromatic N) is 6. The number of hydrogen-bond donors (Lipinski definition) is 0. The van der Waals surface area contributed by atoms with Crippen molar-refractivity contribution < 1.29 is 13.6 Å². The third kappa shape index (κ3) is 3.80. The highest BCUT2D eigenvalue weighted by Crippen LogP contribution is 2.17. The molecule has 1 amide bonds. The van der Waals surface area contributed by atoms with Crippen LogP contribution in [-0.4, -0.2) is 57.0 Å². The maximum atomic E-state index is 13.4. The molecule has 0 aliphatic carbocycles. The van der Waals surface area contributed by atoms with Gasteiger partial charge in [0.05, 0.1) is 5.69 Å². The highest BCUT2D eigenvalue weighted by atomic mass is 19.2. The van der Waals surface area contributed by atoms with Gasteiger partial charge in [-0.2, -0.15) is 5.10 Å². The van der Waals surface area contributed by atoms with Crippen LogP contribution in [0.15, 0.2) is 36.4 Å². The largest absolute Gasteiger partial charge is 0.352 e. The fourth-order valence-electron chi connectivity index (χ4n) is 3.41. The average molecular weight is 398 g/mol. The molecule has 0 unspecified atom stereocenters. The molecule has 0 atom stereocenters. The van der Waals surface area contributed by atoms with Crippen LogP contribution >= 0.6 is 0 Å². The zero-order valence-corrected chi connectivity index (χ0v) is 16.1. The first-order valence-electron chi connectivity index (χ1n) is 9.29. The number of aryl methyl sites for hydroxylation is 2. The lowest BCUT2D eigenvalue weighted by atomic mass is 10.1. The van der Waals surface area contributed by atoms with Gasteiger partial charge >= 0.3 is 0 Å². The molecular formula is C20H20F2N6O. The first kappa shape index (κ1) is 19.0. The van der Waals surface area contributed by atoms with Crippen molar-refractivity contribution in [3.8, 4) is 5.82 Å². The smallest absolute Gasteiger partial charge is 0.254 e. The topological polar surface area (TPSA) is 67.2 Å². The van der Waals surface area contributed by atoms with Gasteiger partial charge in [-0.25, -0.2) is 13.5 Å². The van der Waals surface area contributed by atoms with E-state index in [-0.39, 0.29) is 11.5 Å². The van der Waals surface area contributed by atoms with E-state index >= 15 is 0 Å². The van der Waals surface area contributed by atoms with Crippen LogP contribution in [0.3, 0.4) is 0 Å². The van der Waals surface area contributed by atoms with Crippen LogP contribution < -0.4 is 4.90 Å². The van der Waals surface area contributed by atoms with Gasteiger partial charge in [0.25, 0.3) is 5.91 Å². The first-order valence-corrected chi connectivity index (χ1v) is 9.29. The quantitative estimate of drug-likeness (QED) is 0.678. The Morgan fingerprint density at radius 2 is 1.59 bits per heavy atom. The van der Waals surface area contributed by atoms with Gasteiger partial charge in [0.2, 0.25) is 0 Å². The summed E-state index contributed by atoms with van der Waals surface area (Å²) >= 11 is 0. The van der Waals surface area contributed by atoms with Gasteiger partial charge in [0.15, 0.2) is 23.3 Å². The predicted molar refractivity (Wildman–Crippen MR) is 103 cm³/mol. The molecule has 1 aliphatic heterocycles. The van der Waals surface area contributed by atoms with Crippen LogP contribution in [0.1, 0.15) is 21.7 Å². The van der Waals surface area contributed by atoms with Crippen molar-refractivity contribution in [1.29, 1.82) is 0 Å². The zero-order chi connectivity index (χ0) is 20.5. The van der Waals surface area contributed by atoms with E-state index in [0.717, 1.165) is 29.3 Å². The molecule has 0 bridgehead atoms. The number of piperazine rings is 1. The summed E-state index contributed by atoms with van der Waals surface area (Å²) in [5.74, 6) is -0.933. The minimum atomic E-state index is -1.02. The van der Waals surface area contributed by atoms with Crippen molar-refractivity contribution in [2.45, 2.75) is 13.8 Å². The van der Waals surface area contributed by atoms with Crippen molar-refractivity contribution in [2.75, 3.05) is 31.1 Å². The van der Waals surface area contributed by atoms with Crippen molar-refractivity contribution in [1.82, 2.24) is 24.9 Å². The standard InChI is InChI=1S/C20H20F2N6O/c1-13-11-14(2)28(25-13)19-6-5-18(23-24-19)26-7-9-27(10-8-26)20(29)15-3-4-16(21)17(22)12-15/h3-6,11-12H,7-10H2,1-2H3. The first-order chi connectivity index (χ1) is 13.9. The molecule has 0 N–H and O–H groups in total. The Bertz CT molecular complexity index is 1040. The van der Waals surface area contributed by atoms with Crippen LogP contribution in [0.2, 0.25) is 0 Å². The summed E-state index contributed by atoms with van der Waals surface area (Å²) < 4.78 is 28.2. The summed E-state index contributed by atoms with van der Waals surface area (Å²) in [4.78, 5) is 16.2. The van der Waals surface area contributed by atoms with Crippen molar-refractivity contribution in [3.05, 3.63) is 65.0 Å². The van der Waals surface area contributed by atoms with Gasteiger partial charge in [0, 0.05) is 37.4 Å². The van der Waals surface area contributed by atoms with Crippen LogP contribution in [-0.2, 0) is 0 Å². The Hall–Kier alpha value is -3.36. The van der Waals surface area contributed by atoms with E-state index in [2.05, 4.69) is 15.3 Å². The minimum absolute atomic E-state index is 0.145. The fraction of sp³-hybridized carbons (Fsp3) is 0.300. The van der Waals surface area contributed by atoms with Gasteiger partial charge < -0.3 is 9.80 Å². The normalized spacial score (nSPS) is 14.3. The summed E-state index contributed by atoms with van der Waals surface area (Å²) in [6.07, 6.45) is 0. The second kappa shape index (κ2) is 7.57. The monoisotopic (exact) mass is 398 g/mol. The zero-order valence-electron chi connectivity index (χ0n) is 16.1. The second-order valence-corrected chi connectivity index (χ2v) is 7.00. The SMILES string of the molecule is Cc1cc(C)n(-c2ccc(N3CCN(C(=O)c4ccc(F)c(F)c4)CC3)nn2)n1. The van der Waals surface area contributed by atoms with Gasteiger partial charge in [-0.1, -0.05) is 0 Å². The number of amides is 1. The molecule has 1 fully saturated rings. The van der Waals surface area contributed by atoms with E-state index in [0.29, 0.717) is 32.0 Å². The molecule has 2 aromatic heterocycles. The third-order valence-electron chi connectivity index (χ3n) is 4.92. The lowest BCUT2D eigenvalue weighted by Crippen LogP contribution is -2.49. The number of benzene rings is 1. The maximum Gasteiger partial charge on any atom is 0.254 e. The molecule has 0 radical (unpaired) electrons. The van der Waals surface area contributed by atoms with E-state index in [4.69, 9.17) is 0 Å². The van der Waals surface area contributed by atoms with Crippen LogP contribution in [0, 0.1) is 25.5 Å². The molecule has 29 heavy (non-hydrogen) atoms. The van der Waals surface area contributed by atoms with E-state index in [1.807, 2.05) is 36.9 Å². The number of hydrogen-bond acceptors (Lipinski definition) is 5. The van der Waals surface area contributed by atoms with Crippen molar-refractivity contribution >= 4 is 11.7 Å². The third-order valence-corrected chi connectivity index (χ3v) is 4.92. The molecule has 0 spiro atoms. The molecule has 1 aromatic carbocycles. The Labute approximate surface area is 166 Å². The summed E-state index contributed by atoms with van der Waals surface area (Å²) in [7, 11) is 0. The lowest BCUT2D eigenvalue weighted by molar-refractivity contribution is 0.0746. The van der Waals surface area contributed by atoms with Gasteiger partial charge in [-0.15, -0.1) is 10.2 Å². The number of carbonyl (C=O) groups is 1. The Morgan fingerprint density at radius 3 is 2.17 bits per heavy atom. The van der Waals surface area contributed by atoms with E-state index in [9.17, 15) is 13.6 Å². The number of aromatic nitrogens is 4. The van der Waals surface area contributed by atoms with Crippen LogP contribution in [0.5, 0.6) is 0 Å². The molecule has 150 valence electrons. The molecule has 3 heterocycles. The molecule has 3 aromatic rings. The van der Waals surface area contributed by atoms with E-state index in [1.54, 1.807) is 9.58 Å². The summed E-state index contributed by atoms with van der Waals surface area (Å²) in [6.45, 7) is 5.94. The molecule has 4 rings (SSSR count). The number of carbonyl (C=O) groups excluding carboxylic acids is 1. The Kier molecular flexibility index (Phi) is 4.96. The predicted octanol–water partition coefficient (Wildman–Crippen LogP) is 2.52. The summed E-state index contributed by atoms with van der Waals surface area (Å²) in [5.41, 5.74) is 2.04. The molecular weight excluding hydrogens is 378 g/mol. The minimum Gasteiger partial charge on any atom is -0.352 e. The van der Waals surface area contributed by atoms with Crippen LogP contribution in [0.4, 0.5) is 14.6 Å². The van der Waals surface area contributed by atoms with Crippen molar-refractivity contribution in [3.63, 3.8) is 0 Å². The van der Waals surface area contributed by atoms with Gasteiger partial charge in [0.1, 0.15) is 0 Å². The molecule has 7 nitrogen and oxygen atoms in total. The van der Waals surface area contributed by atoms with E-state index in [1.165, 1.54) is 6.07 Å². The number of rotatable bonds is 3.